The van der Waals surface area contributed by atoms with Crippen LogP contribution >= 0.6 is 8.38 Å². The van der Waals surface area contributed by atoms with Gasteiger partial charge >= 0.3 is 0 Å². The van der Waals surface area contributed by atoms with Crippen LogP contribution in [0.3, 0.4) is 0 Å². The van der Waals surface area contributed by atoms with Crippen LogP contribution in [0.1, 0.15) is 0 Å². The van der Waals surface area contributed by atoms with Gasteiger partial charge in [0, 0.05) is 5.37 Å². The summed E-state index contributed by atoms with van der Waals surface area (Å²) in [6.07, 6.45) is -0.175. The Morgan fingerprint density at radius 3 is 2.12 bits per heavy atom. The Morgan fingerprint density at radius 2 is 2.00 bits per heavy atom. The van der Waals surface area contributed by atoms with E-state index >= 15 is 0 Å². The summed E-state index contributed by atoms with van der Waals surface area (Å²) in [6, 6.07) is 0. The molecule has 6 heteroatoms. The van der Waals surface area contributed by atoms with E-state index in [1.165, 1.54) is 0 Å². The maximum absolute atomic E-state index is 9.64. The summed E-state index contributed by atoms with van der Waals surface area (Å²) in [5.41, 5.74) is 0. The zero-order valence-corrected chi connectivity index (χ0v) is 5.56. The van der Waals surface area contributed by atoms with Gasteiger partial charge in [-0.25, -0.2) is 0 Å². The van der Waals surface area contributed by atoms with Crippen LogP contribution in [0.25, 0.3) is 0 Å². The van der Waals surface area contributed by atoms with Gasteiger partial charge in [-0.3, -0.25) is 0 Å². The predicted octanol–water partition coefficient (Wildman–Crippen LogP) is -1.04. The molecule has 0 amide bonds. The van der Waals surface area contributed by atoms with Crippen LogP contribution < -0.4 is 0 Å². The zero-order valence-electron chi connectivity index (χ0n) is 3.85. The lowest BCUT2D eigenvalue weighted by molar-refractivity contribution is 0.488. The molecule has 0 aliphatic rings. The Labute approximate surface area is 49.2 Å². The first-order chi connectivity index (χ1) is 3.63. The molecule has 0 aromatic rings. The third kappa shape index (κ3) is 6.04. The molecule has 48 valence electrons. The normalized spacial score (nSPS) is 9.38. The third-order valence-electron chi connectivity index (χ3n) is 0.374. The number of hydrogen-bond donors (Lipinski definition) is 2. The Hall–Kier alpha value is 0.0400. The van der Waals surface area contributed by atoms with Gasteiger partial charge in [0.2, 0.25) is 10.3 Å². The Balaban J connectivity index is 3.62. The van der Waals surface area contributed by atoms with Gasteiger partial charge < -0.3 is 9.79 Å². The second-order valence-electron chi connectivity index (χ2n) is 0.982. The lowest BCUT2D eigenvalue weighted by Crippen LogP contribution is -1.82. The first-order valence-corrected chi connectivity index (χ1v) is 4.26. The molecule has 4 nitrogen and oxygen atoms in total. The number of rotatable bonds is 2. The standard InChI is InChI=1S/C2H5O4PS/c3-7(4)1-2-8(5)6/h2-4H,1H2. The first kappa shape index (κ1) is 8.04. The van der Waals surface area contributed by atoms with Crippen LogP contribution in [-0.4, -0.2) is 29.7 Å². The van der Waals surface area contributed by atoms with E-state index in [2.05, 4.69) is 0 Å². The fourth-order valence-corrected chi connectivity index (χ4v) is 1.15. The molecule has 0 radical (unpaired) electrons. The lowest BCUT2D eigenvalue weighted by Gasteiger charge is -1.89. The summed E-state index contributed by atoms with van der Waals surface area (Å²) in [5.74, 6) is 0. The molecule has 0 aliphatic heterocycles. The van der Waals surface area contributed by atoms with E-state index in [4.69, 9.17) is 9.79 Å². The van der Waals surface area contributed by atoms with Gasteiger partial charge in [0.15, 0.2) is 8.38 Å². The molecule has 0 aromatic heterocycles. The topological polar surface area (TPSA) is 74.6 Å². The molecule has 0 aromatic carbocycles. The first-order valence-electron chi connectivity index (χ1n) is 1.69. The van der Waals surface area contributed by atoms with Crippen molar-refractivity contribution in [3.8, 4) is 0 Å². The van der Waals surface area contributed by atoms with Crippen molar-refractivity contribution in [3.05, 3.63) is 0 Å². The van der Waals surface area contributed by atoms with Crippen molar-refractivity contribution in [2.24, 2.45) is 0 Å². The van der Waals surface area contributed by atoms with Crippen molar-refractivity contribution in [2.75, 3.05) is 6.16 Å². The van der Waals surface area contributed by atoms with E-state index in [9.17, 15) is 8.42 Å². The fraction of sp³-hybridized carbons (Fsp3) is 0.500. The Kier molecular flexibility index (Phi) is 3.99. The third-order valence-corrected chi connectivity index (χ3v) is 1.57. The SMILES string of the molecule is O=S(=O)=CCP(O)O. The van der Waals surface area contributed by atoms with Crippen LogP contribution in [0.2, 0.25) is 0 Å². The van der Waals surface area contributed by atoms with E-state index in [1.807, 2.05) is 0 Å². The monoisotopic (exact) mass is 156 g/mol. The largest absolute Gasteiger partial charge is 0.350 e. The van der Waals surface area contributed by atoms with Crippen molar-refractivity contribution in [1.82, 2.24) is 0 Å². The lowest BCUT2D eigenvalue weighted by atomic mass is 11.0. The zero-order chi connectivity index (χ0) is 6.57. The van der Waals surface area contributed by atoms with E-state index in [0.29, 0.717) is 0 Å². The molecule has 0 aliphatic carbocycles. The molecule has 0 heterocycles. The van der Waals surface area contributed by atoms with Crippen LogP contribution in [-0.2, 0) is 10.3 Å². The quantitative estimate of drug-likeness (QED) is 0.395. The molecule has 2 N–H and O–H groups in total. The Morgan fingerprint density at radius 1 is 1.50 bits per heavy atom. The second kappa shape index (κ2) is 3.97. The molecule has 0 saturated carbocycles. The van der Waals surface area contributed by atoms with Crippen molar-refractivity contribution in [1.29, 1.82) is 0 Å². The van der Waals surface area contributed by atoms with Crippen molar-refractivity contribution < 1.29 is 18.2 Å². The minimum atomic E-state index is -2.26. The minimum absolute atomic E-state index is 0.175. The molecule has 0 rings (SSSR count). The molecule has 0 fully saturated rings. The molecule has 0 unspecified atom stereocenters. The van der Waals surface area contributed by atoms with E-state index in [-0.39, 0.29) is 6.16 Å². The summed E-state index contributed by atoms with van der Waals surface area (Å²) in [4.78, 5) is 16.2. The van der Waals surface area contributed by atoms with Crippen LogP contribution in [0.5, 0.6) is 0 Å². The van der Waals surface area contributed by atoms with Gasteiger partial charge in [0.25, 0.3) is 0 Å². The predicted molar refractivity (Wildman–Crippen MR) is 31.2 cm³/mol. The minimum Gasteiger partial charge on any atom is -0.350 e. The van der Waals surface area contributed by atoms with E-state index in [0.717, 1.165) is 5.37 Å². The molecule has 0 saturated heterocycles. The van der Waals surface area contributed by atoms with Crippen LogP contribution in [0, 0.1) is 0 Å². The van der Waals surface area contributed by atoms with Gasteiger partial charge in [-0.1, -0.05) is 0 Å². The average Bonchev–Trinajstić information content (AvgIpc) is 1.61. The highest BCUT2D eigenvalue weighted by Crippen LogP contribution is 2.19. The van der Waals surface area contributed by atoms with Gasteiger partial charge in [-0.15, -0.1) is 0 Å². The number of hydrogen-bond acceptors (Lipinski definition) is 4. The van der Waals surface area contributed by atoms with E-state index < -0.39 is 18.7 Å². The summed E-state index contributed by atoms with van der Waals surface area (Å²) < 4.78 is 19.3. The maximum atomic E-state index is 9.64. The highest BCUT2D eigenvalue weighted by atomic mass is 32.2. The van der Waals surface area contributed by atoms with Crippen molar-refractivity contribution >= 4 is 24.0 Å². The van der Waals surface area contributed by atoms with E-state index in [1.54, 1.807) is 0 Å². The average molecular weight is 156 g/mol. The van der Waals surface area contributed by atoms with Gasteiger partial charge in [0.05, 0.1) is 6.16 Å². The Bertz CT molecular complexity index is 160. The maximum Gasteiger partial charge on any atom is 0.210 e. The highest BCUT2D eigenvalue weighted by molar-refractivity contribution is 7.72. The second-order valence-corrected chi connectivity index (χ2v) is 2.95. The summed E-state index contributed by atoms with van der Waals surface area (Å²) >= 11 is 0. The van der Waals surface area contributed by atoms with Crippen molar-refractivity contribution in [2.45, 2.75) is 0 Å². The van der Waals surface area contributed by atoms with Gasteiger partial charge in [-0.2, -0.15) is 8.42 Å². The smallest absolute Gasteiger partial charge is 0.210 e. The summed E-state index contributed by atoms with van der Waals surface area (Å²) in [5, 5.41) is 0.811. The summed E-state index contributed by atoms with van der Waals surface area (Å²) in [6.45, 7) is 0. The molecule has 0 spiro atoms. The van der Waals surface area contributed by atoms with Crippen LogP contribution in [0.15, 0.2) is 0 Å². The summed E-state index contributed by atoms with van der Waals surface area (Å²) in [7, 11) is -4.35. The molecule has 8 heavy (non-hydrogen) atoms. The molecular formula is C2H5O4PS. The van der Waals surface area contributed by atoms with Crippen molar-refractivity contribution in [3.63, 3.8) is 0 Å². The van der Waals surface area contributed by atoms with Crippen LogP contribution in [0.4, 0.5) is 0 Å². The fourth-order valence-electron chi connectivity index (χ4n) is 0.128. The molecule has 0 atom stereocenters. The van der Waals surface area contributed by atoms with Gasteiger partial charge in [-0.05, 0) is 0 Å². The highest BCUT2D eigenvalue weighted by Gasteiger charge is 1.91. The van der Waals surface area contributed by atoms with Gasteiger partial charge in [0.1, 0.15) is 0 Å². The molecular weight excluding hydrogens is 151 g/mol. The molecule has 0 bridgehead atoms.